The molecule has 0 bridgehead atoms. The summed E-state index contributed by atoms with van der Waals surface area (Å²) in [5.41, 5.74) is 2.34. The van der Waals surface area contributed by atoms with E-state index in [2.05, 4.69) is 56.6 Å². The minimum Gasteiger partial charge on any atom is -0.381 e. The first kappa shape index (κ1) is 15.1. The van der Waals surface area contributed by atoms with E-state index in [1.165, 1.54) is 29.3 Å². The van der Waals surface area contributed by atoms with Gasteiger partial charge in [-0.2, -0.15) is 0 Å². The molecule has 4 rings (SSSR count). The van der Waals surface area contributed by atoms with E-state index in [9.17, 15) is 0 Å². The van der Waals surface area contributed by atoms with Crippen molar-refractivity contribution in [3.63, 3.8) is 0 Å². The molecule has 1 atom stereocenters. The number of benzene rings is 1. The van der Waals surface area contributed by atoms with Crippen LogP contribution in [0, 0.1) is 0 Å². The standard InChI is InChI=1S/C20H22N4/c1-2-9-22-19(4-1)14-24-11-3-5-20(15-24)23-18-7-6-17-13-21-10-8-16(17)12-18/h1-2,4,6-10,12-13,20,23H,3,5,11,14-15H2. The number of hydrogen-bond donors (Lipinski definition) is 1. The average molecular weight is 318 g/mol. The Labute approximate surface area is 142 Å². The van der Waals surface area contributed by atoms with Crippen molar-refractivity contribution >= 4 is 16.5 Å². The van der Waals surface area contributed by atoms with Crippen molar-refractivity contribution in [2.45, 2.75) is 25.4 Å². The van der Waals surface area contributed by atoms with Crippen LogP contribution in [0.2, 0.25) is 0 Å². The summed E-state index contributed by atoms with van der Waals surface area (Å²) in [7, 11) is 0. The topological polar surface area (TPSA) is 41.0 Å². The summed E-state index contributed by atoms with van der Waals surface area (Å²) in [5, 5.41) is 6.12. The summed E-state index contributed by atoms with van der Waals surface area (Å²) in [6.45, 7) is 3.14. The number of aromatic nitrogens is 2. The Morgan fingerprint density at radius 3 is 3.00 bits per heavy atom. The van der Waals surface area contributed by atoms with E-state index in [1.54, 1.807) is 0 Å². The van der Waals surface area contributed by atoms with Crippen LogP contribution < -0.4 is 5.32 Å². The van der Waals surface area contributed by atoms with Crippen molar-refractivity contribution in [2.75, 3.05) is 18.4 Å². The van der Waals surface area contributed by atoms with Gasteiger partial charge in [0.25, 0.3) is 0 Å². The van der Waals surface area contributed by atoms with E-state index in [0.717, 1.165) is 25.3 Å². The molecule has 4 heteroatoms. The number of hydrogen-bond acceptors (Lipinski definition) is 4. The van der Waals surface area contributed by atoms with Crippen molar-refractivity contribution in [1.29, 1.82) is 0 Å². The Morgan fingerprint density at radius 2 is 2.08 bits per heavy atom. The first-order valence-electron chi connectivity index (χ1n) is 8.59. The smallest absolute Gasteiger partial charge is 0.0543 e. The van der Waals surface area contributed by atoms with Gasteiger partial charge in [0.2, 0.25) is 0 Å². The van der Waals surface area contributed by atoms with Gasteiger partial charge in [-0.1, -0.05) is 12.1 Å². The highest BCUT2D eigenvalue weighted by Crippen LogP contribution is 2.21. The van der Waals surface area contributed by atoms with E-state index in [1.807, 2.05) is 24.7 Å². The zero-order valence-electron chi connectivity index (χ0n) is 13.7. The lowest BCUT2D eigenvalue weighted by Crippen LogP contribution is -2.41. The molecule has 4 nitrogen and oxygen atoms in total. The van der Waals surface area contributed by atoms with Crippen molar-refractivity contribution in [2.24, 2.45) is 0 Å². The first-order valence-corrected chi connectivity index (χ1v) is 8.59. The Hall–Kier alpha value is -2.46. The quantitative estimate of drug-likeness (QED) is 0.796. The predicted molar refractivity (Wildman–Crippen MR) is 97.9 cm³/mol. The van der Waals surface area contributed by atoms with Gasteiger partial charge >= 0.3 is 0 Å². The van der Waals surface area contributed by atoms with Gasteiger partial charge in [0.05, 0.1) is 5.69 Å². The molecule has 0 aliphatic carbocycles. The highest BCUT2D eigenvalue weighted by Gasteiger charge is 2.20. The molecular weight excluding hydrogens is 296 g/mol. The zero-order chi connectivity index (χ0) is 16.2. The molecule has 1 aromatic carbocycles. The molecule has 1 saturated heterocycles. The third kappa shape index (κ3) is 3.54. The van der Waals surface area contributed by atoms with Gasteiger partial charge in [0.15, 0.2) is 0 Å². The van der Waals surface area contributed by atoms with Gasteiger partial charge in [0, 0.05) is 48.8 Å². The Balaban J connectivity index is 1.42. The van der Waals surface area contributed by atoms with E-state index < -0.39 is 0 Å². The number of anilines is 1. The summed E-state index contributed by atoms with van der Waals surface area (Å²) < 4.78 is 0. The van der Waals surface area contributed by atoms with E-state index in [4.69, 9.17) is 0 Å². The van der Waals surface area contributed by atoms with E-state index in [0.29, 0.717) is 6.04 Å². The summed E-state index contributed by atoms with van der Waals surface area (Å²) >= 11 is 0. The molecule has 3 heterocycles. The maximum absolute atomic E-state index is 4.45. The molecule has 24 heavy (non-hydrogen) atoms. The minimum atomic E-state index is 0.488. The number of nitrogens with one attached hydrogen (secondary N) is 1. The molecule has 0 amide bonds. The third-order valence-corrected chi connectivity index (χ3v) is 4.63. The van der Waals surface area contributed by atoms with Crippen LogP contribution in [-0.2, 0) is 6.54 Å². The molecule has 0 saturated carbocycles. The lowest BCUT2D eigenvalue weighted by molar-refractivity contribution is 0.206. The highest BCUT2D eigenvalue weighted by atomic mass is 15.2. The normalized spacial score (nSPS) is 18.6. The maximum Gasteiger partial charge on any atom is 0.0543 e. The number of piperidine rings is 1. The number of pyridine rings is 2. The van der Waals surface area contributed by atoms with Crippen LogP contribution in [0.1, 0.15) is 18.5 Å². The molecule has 122 valence electrons. The highest BCUT2D eigenvalue weighted by molar-refractivity contribution is 5.84. The lowest BCUT2D eigenvalue weighted by Gasteiger charge is -2.33. The zero-order valence-corrected chi connectivity index (χ0v) is 13.7. The Bertz CT molecular complexity index is 803. The fraction of sp³-hybridized carbons (Fsp3) is 0.300. The molecular formula is C20H22N4. The summed E-state index contributed by atoms with van der Waals surface area (Å²) in [6, 6.07) is 15.2. The molecule has 2 aromatic heterocycles. The van der Waals surface area contributed by atoms with Gasteiger partial charge in [-0.25, -0.2) is 0 Å². The van der Waals surface area contributed by atoms with Gasteiger partial charge < -0.3 is 5.32 Å². The fourth-order valence-electron chi connectivity index (χ4n) is 3.45. The van der Waals surface area contributed by atoms with Crippen LogP contribution in [0.15, 0.2) is 61.1 Å². The first-order chi connectivity index (χ1) is 11.9. The van der Waals surface area contributed by atoms with E-state index >= 15 is 0 Å². The van der Waals surface area contributed by atoms with Crippen molar-refractivity contribution in [3.8, 4) is 0 Å². The molecule has 3 aromatic rings. The second-order valence-corrected chi connectivity index (χ2v) is 6.48. The van der Waals surface area contributed by atoms with Crippen molar-refractivity contribution in [1.82, 2.24) is 14.9 Å². The van der Waals surface area contributed by atoms with Gasteiger partial charge in [-0.15, -0.1) is 0 Å². The van der Waals surface area contributed by atoms with Gasteiger partial charge in [0.1, 0.15) is 0 Å². The van der Waals surface area contributed by atoms with Gasteiger partial charge in [-0.05, 0) is 55.1 Å². The van der Waals surface area contributed by atoms with Crippen LogP contribution >= 0.6 is 0 Å². The fourth-order valence-corrected chi connectivity index (χ4v) is 3.45. The van der Waals surface area contributed by atoms with Crippen LogP contribution in [0.25, 0.3) is 10.8 Å². The Kier molecular flexibility index (Phi) is 4.38. The molecule has 0 radical (unpaired) electrons. The summed E-state index contributed by atoms with van der Waals surface area (Å²) in [5.74, 6) is 0. The van der Waals surface area contributed by atoms with Crippen molar-refractivity contribution in [3.05, 3.63) is 66.7 Å². The molecule has 0 spiro atoms. The molecule has 1 N–H and O–H groups in total. The largest absolute Gasteiger partial charge is 0.381 e. The SMILES string of the molecule is c1ccc(CN2CCCC(Nc3ccc4cnccc4c3)C2)nc1. The summed E-state index contributed by atoms with van der Waals surface area (Å²) in [6.07, 6.45) is 8.07. The lowest BCUT2D eigenvalue weighted by atomic mass is 10.0. The van der Waals surface area contributed by atoms with Crippen LogP contribution in [0.3, 0.4) is 0 Å². The second-order valence-electron chi connectivity index (χ2n) is 6.48. The van der Waals surface area contributed by atoms with Crippen molar-refractivity contribution < 1.29 is 0 Å². The number of nitrogens with zero attached hydrogens (tertiary/aromatic N) is 3. The van der Waals surface area contributed by atoms with Crippen LogP contribution in [0.4, 0.5) is 5.69 Å². The molecule has 1 fully saturated rings. The number of likely N-dealkylation sites (tertiary alicyclic amines) is 1. The third-order valence-electron chi connectivity index (χ3n) is 4.63. The van der Waals surface area contributed by atoms with Crippen LogP contribution in [0.5, 0.6) is 0 Å². The number of fused-ring (bicyclic) bond motifs is 1. The van der Waals surface area contributed by atoms with Crippen LogP contribution in [-0.4, -0.2) is 34.0 Å². The monoisotopic (exact) mass is 318 g/mol. The Morgan fingerprint density at radius 1 is 1.08 bits per heavy atom. The molecule has 1 unspecified atom stereocenters. The molecule has 1 aliphatic heterocycles. The van der Waals surface area contributed by atoms with E-state index in [-0.39, 0.29) is 0 Å². The minimum absolute atomic E-state index is 0.488. The second kappa shape index (κ2) is 6.97. The summed E-state index contributed by atoms with van der Waals surface area (Å²) in [4.78, 5) is 11.1. The van der Waals surface area contributed by atoms with Gasteiger partial charge in [-0.3, -0.25) is 14.9 Å². The predicted octanol–water partition coefficient (Wildman–Crippen LogP) is 3.71. The average Bonchev–Trinajstić information content (AvgIpc) is 2.63. The maximum atomic E-state index is 4.45. The molecule has 1 aliphatic rings. The number of rotatable bonds is 4.